The van der Waals surface area contributed by atoms with Gasteiger partial charge in [-0.05, 0) is 24.5 Å². The van der Waals surface area contributed by atoms with E-state index < -0.39 is 16.3 Å². The van der Waals surface area contributed by atoms with Crippen LogP contribution in [0.1, 0.15) is 18.1 Å². The van der Waals surface area contributed by atoms with Crippen molar-refractivity contribution in [3.05, 3.63) is 35.4 Å². The Kier molecular flexibility index (Phi) is 4.01. The molecule has 0 radical (unpaired) electrons. The molecule has 2 N–H and O–H groups in total. The highest BCUT2D eigenvalue weighted by atomic mass is 32.2. The van der Waals surface area contributed by atoms with Gasteiger partial charge in [-0.25, -0.2) is 0 Å². The average Bonchev–Trinajstić information content (AvgIpc) is 2.36. The number of rotatable bonds is 4. The zero-order valence-electron chi connectivity index (χ0n) is 10.3. The van der Waals surface area contributed by atoms with Gasteiger partial charge in [0.25, 0.3) is 10.2 Å². The Morgan fingerprint density at radius 3 is 2.72 bits per heavy atom. The first-order chi connectivity index (χ1) is 8.49. The van der Waals surface area contributed by atoms with Gasteiger partial charge in [0.1, 0.15) is 0 Å². The third kappa shape index (κ3) is 3.08. The lowest BCUT2D eigenvalue weighted by molar-refractivity contribution is 0.197. The Labute approximate surface area is 108 Å². The molecule has 0 aromatic heterocycles. The van der Waals surface area contributed by atoms with Gasteiger partial charge in [0.15, 0.2) is 0 Å². The van der Waals surface area contributed by atoms with E-state index in [0.717, 1.165) is 12.0 Å². The van der Waals surface area contributed by atoms with Crippen LogP contribution in [0.2, 0.25) is 0 Å². The topological polar surface area (TPSA) is 69.6 Å². The van der Waals surface area contributed by atoms with Crippen LogP contribution in [0.25, 0.3) is 0 Å². The first-order valence-corrected chi connectivity index (χ1v) is 7.42. The lowest BCUT2D eigenvalue weighted by atomic mass is 10.0. The van der Waals surface area contributed by atoms with Gasteiger partial charge in [0.05, 0.1) is 6.10 Å². The zero-order chi connectivity index (χ0) is 13.2. The van der Waals surface area contributed by atoms with Crippen molar-refractivity contribution in [2.24, 2.45) is 0 Å². The molecule has 0 amide bonds. The zero-order valence-corrected chi connectivity index (χ0v) is 11.2. The van der Waals surface area contributed by atoms with E-state index in [1.54, 1.807) is 6.92 Å². The third-order valence-electron chi connectivity index (χ3n) is 3.00. The minimum Gasteiger partial charge on any atom is -0.392 e. The Morgan fingerprint density at radius 2 is 2.06 bits per heavy atom. The molecule has 0 bridgehead atoms. The quantitative estimate of drug-likeness (QED) is 0.824. The van der Waals surface area contributed by atoms with Gasteiger partial charge in [-0.15, -0.1) is 0 Å². The minimum absolute atomic E-state index is 0.0421. The predicted molar refractivity (Wildman–Crippen MR) is 69.2 cm³/mol. The maximum atomic E-state index is 12.0. The van der Waals surface area contributed by atoms with Crippen molar-refractivity contribution in [3.8, 4) is 0 Å². The summed E-state index contributed by atoms with van der Waals surface area (Å²) in [5.41, 5.74) is 2.26. The second-order valence-corrected chi connectivity index (χ2v) is 6.31. The molecule has 100 valence electrons. The van der Waals surface area contributed by atoms with Crippen LogP contribution in [-0.2, 0) is 23.2 Å². The monoisotopic (exact) mass is 270 g/mol. The number of benzene rings is 1. The van der Waals surface area contributed by atoms with Gasteiger partial charge in [-0.3, -0.25) is 0 Å². The molecule has 0 spiro atoms. The van der Waals surface area contributed by atoms with Gasteiger partial charge in [0.2, 0.25) is 0 Å². The predicted octanol–water partition coefficient (Wildman–Crippen LogP) is 0.260. The molecule has 0 saturated carbocycles. The highest BCUT2D eigenvalue weighted by Gasteiger charge is 2.26. The molecular formula is C12H18N2O3S. The van der Waals surface area contributed by atoms with Crippen LogP contribution in [0.3, 0.4) is 0 Å². The number of hydrogen-bond donors (Lipinski definition) is 2. The Bertz CT molecular complexity index is 514. The first-order valence-electron chi connectivity index (χ1n) is 5.98. The van der Waals surface area contributed by atoms with Crippen molar-refractivity contribution in [2.45, 2.75) is 26.0 Å². The molecule has 0 fully saturated rings. The van der Waals surface area contributed by atoms with Crippen molar-refractivity contribution in [3.63, 3.8) is 0 Å². The summed E-state index contributed by atoms with van der Waals surface area (Å²) in [6.45, 7) is 2.46. The molecule has 1 aromatic rings. The summed E-state index contributed by atoms with van der Waals surface area (Å²) >= 11 is 0. The average molecular weight is 270 g/mol. The fourth-order valence-corrected chi connectivity index (χ4v) is 3.27. The smallest absolute Gasteiger partial charge is 0.279 e. The van der Waals surface area contributed by atoms with Crippen LogP contribution in [0.15, 0.2) is 24.3 Å². The summed E-state index contributed by atoms with van der Waals surface area (Å²) in [4.78, 5) is 0. The van der Waals surface area contributed by atoms with Crippen molar-refractivity contribution in [1.29, 1.82) is 0 Å². The van der Waals surface area contributed by atoms with Crippen LogP contribution in [0, 0.1) is 0 Å². The van der Waals surface area contributed by atoms with Crippen LogP contribution in [0.4, 0.5) is 0 Å². The number of nitrogens with one attached hydrogen (secondary N) is 1. The van der Waals surface area contributed by atoms with Crippen molar-refractivity contribution >= 4 is 10.2 Å². The summed E-state index contributed by atoms with van der Waals surface area (Å²) in [5.74, 6) is 0. The minimum atomic E-state index is -3.50. The largest absolute Gasteiger partial charge is 0.392 e. The lowest BCUT2D eigenvalue weighted by Crippen LogP contribution is -2.45. The maximum absolute atomic E-state index is 12.0. The van der Waals surface area contributed by atoms with Crippen molar-refractivity contribution < 1.29 is 13.5 Å². The van der Waals surface area contributed by atoms with E-state index in [-0.39, 0.29) is 6.54 Å². The molecule has 1 aliphatic heterocycles. The molecule has 5 nitrogen and oxygen atoms in total. The number of aliphatic hydroxyl groups excluding tert-OH is 1. The Balaban J connectivity index is 2.08. The second kappa shape index (κ2) is 5.36. The highest BCUT2D eigenvalue weighted by Crippen LogP contribution is 2.20. The molecule has 1 aromatic carbocycles. The lowest BCUT2D eigenvalue weighted by Gasteiger charge is -2.28. The fraction of sp³-hybridized carbons (Fsp3) is 0.500. The molecule has 1 aliphatic rings. The summed E-state index contributed by atoms with van der Waals surface area (Å²) in [6, 6.07) is 7.86. The van der Waals surface area contributed by atoms with E-state index in [1.165, 1.54) is 9.87 Å². The molecule has 0 saturated heterocycles. The number of aliphatic hydroxyl groups is 1. The molecule has 1 atom stereocenters. The SMILES string of the molecule is C[C@@H](O)CNS(=O)(=O)N1CCc2ccccc2C1. The van der Waals surface area contributed by atoms with Gasteiger partial charge < -0.3 is 5.11 Å². The van der Waals surface area contributed by atoms with E-state index in [2.05, 4.69) is 4.72 Å². The second-order valence-electron chi connectivity index (χ2n) is 4.55. The summed E-state index contributed by atoms with van der Waals surface area (Å²) in [6.07, 6.45) is 0.0445. The number of fused-ring (bicyclic) bond motifs is 1. The van der Waals surface area contributed by atoms with Gasteiger partial charge in [-0.2, -0.15) is 17.4 Å². The summed E-state index contributed by atoms with van der Waals surface area (Å²) in [7, 11) is -3.50. The molecule has 6 heteroatoms. The number of hydrogen-bond acceptors (Lipinski definition) is 3. The maximum Gasteiger partial charge on any atom is 0.279 e. The first kappa shape index (κ1) is 13.5. The molecule has 2 rings (SSSR count). The Morgan fingerprint density at radius 1 is 1.39 bits per heavy atom. The van der Waals surface area contributed by atoms with E-state index in [4.69, 9.17) is 5.11 Å². The molecule has 1 heterocycles. The van der Waals surface area contributed by atoms with Crippen molar-refractivity contribution in [2.75, 3.05) is 13.1 Å². The van der Waals surface area contributed by atoms with Crippen LogP contribution >= 0.6 is 0 Å². The van der Waals surface area contributed by atoms with Crippen molar-refractivity contribution in [1.82, 2.24) is 9.03 Å². The van der Waals surface area contributed by atoms with E-state index in [0.29, 0.717) is 13.1 Å². The molecule has 0 aliphatic carbocycles. The Hall–Kier alpha value is -0.950. The van der Waals surface area contributed by atoms with E-state index >= 15 is 0 Å². The molecule has 18 heavy (non-hydrogen) atoms. The van der Waals surface area contributed by atoms with Crippen LogP contribution < -0.4 is 4.72 Å². The van der Waals surface area contributed by atoms with Gasteiger partial charge in [0, 0.05) is 19.6 Å². The third-order valence-corrected chi connectivity index (χ3v) is 4.52. The van der Waals surface area contributed by atoms with Gasteiger partial charge >= 0.3 is 0 Å². The fourth-order valence-electron chi connectivity index (χ4n) is 1.99. The highest BCUT2D eigenvalue weighted by molar-refractivity contribution is 7.87. The molecule has 0 unspecified atom stereocenters. The van der Waals surface area contributed by atoms with Crippen LogP contribution in [0.5, 0.6) is 0 Å². The van der Waals surface area contributed by atoms with Gasteiger partial charge in [-0.1, -0.05) is 24.3 Å². The van der Waals surface area contributed by atoms with E-state index in [9.17, 15) is 8.42 Å². The van der Waals surface area contributed by atoms with Crippen LogP contribution in [-0.4, -0.2) is 37.0 Å². The summed E-state index contributed by atoms with van der Waals surface area (Å²) in [5, 5.41) is 9.13. The normalized spacial score (nSPS) is 18.3. The summed E-state index contributed by atoms with van der Waals surface area (Å²) < 4.78 is 27.8. The number of nitrogens with zero attached hydrogens (tertiary/aromatic N) is 1. The molecular weight excluding hydrogens is 252 g/mol. The van der Waals surface area contributed by atoms with E-state index in [1.807, 2.05) is 24.3 Å². The standard InChI is InChI=1S/C12H18N2O3S/c1-10(15)8-13-18(16,17)14-7-6-11-4-2-3-5-12(11)9-14/h2-5,10,13,15H,6-9H2,1H3/t10-/m1/s1.